The summed E-state index contributed by atoms with van der Waals surface area (Å²) in [6.07, 6.45) is 2.64. The van der Waals surface area contributed by atoms with Gasteiger partial charge in [0.05, 0.1) is 23.4 Å². The molecule has 0 saturated carbocycles. The molecule has 0 radical (unpaired) electrons. The van der Waals surface area contributed by atoms with E-state index < -0.39 is 9.84 Å². The molecule has 4 rings (SSSR count). The number of rotatable bonds is 7. The minimum Gasteiger partial charge on any atom is -0.368 e. The summed E-state index contributed by atoms with van der Waals surface area (Å²) in [5.41, 5.74) is 5.14. The summed E-state index contributed by atoms with van der Waals surface area (Å²) in [7, 11) is -2.90. The van der Waals surface area contributed by atoms with Gasteiger partial charge in [-0.2, -0.15) is 0 Å². The van der Waals surface area contributed by atoms with Crippen LogP contribution in [0.25, 0.3) is 11.1 Å². The van der Waals surface area contributed by atoms with E-state index in [1.165, 1.54) is 5.56 Å². The number of ketones is 1. The van der Waals surface area contributed by atoms with E-state index >= 15 is 0 Å². The van der Waals surface area contributed by atoms with E-state index in [9.17, 15) is 13.2 Å². The van der Waals surface area contributed by atoms with Crippen LogP contribution < -0.4 is 4.90 Å². The Morgan fingerprint density at radius 1 is 0.938 bits per heavy atom. The summed E-state index contributed by atoms with van der Waals surface area (Å²) in [6.45, 7) is 3.02. The number of Topliss-reactive ketones (excluding diaryl/α,β-unsaturated/α-hetero) is 1. The van der Waals surface area contributed by atoms with Crippen LogP contribution in [-0.4, -0.2) is 43.8 Å². The molecule has 32 heavy (non-hydrogen) atoms. The van der Waals surface area contributed by atoms with Crippen LogP contribution >= 0.6 is 0 Å². The molecule has 2 aromatic carbocycles. The number of benzene rings is 2. The highest BCUT2D eigenvalue weighted by molar-refractivity contribution is 7.91. The number of carbonyl (C=O) groups excluding carboxylic acids is 1. The summed E-state index contributed by atoms with van der Waals surface area (Å²) in [6, 6.07) is 22.3. The van der Waals surface area contributed by atoms with E-state index in [1.54, 1.807) is 6.20 Å². The quantitative estimate of drug-likeness (QED) is 0.539. The Kier molecular flexibility index (Phi) is 6.70. The van der Waals surface area contributed by atoms with E-state index in [0.29, 0.717) is 25.9 Å². The van der Waals surface area contributed by atoms with Crippen LogP contribution in [0.2, 0.25) is 0 Å². The Balaban J connectivity index is 1.31. The van der Waals surface area contributed by atoms with E-state index in [4.69, 9.17) is 0 Å². The second-order valence-corrected chi connectivity index (χ2v) is 10.8. The van der Waals surface area contributed by atoms with Crippen molar-refractivity contribution in [1.82, 2.24) is 4.98 Å². The molecule has 1 atom stereocenters. The average Bonchev–Trinajstić information content (AvgIpc) is 2.80. The van der Waals surface area contributed by atoms with Crippen LogP contribution in [0, 0.1) is 0 Å². The Bertz CT molecular complexity index is 1140. The number of hydrogen-bond donors (Lipinski definition) is 0. The van der Waals surface area contributed by atoms with Crippen molar-refractivity contribution in [3.8, 4) is 11.1 Å². The fourth-order valence-electron chi connectivity index (χ4n) is 4.04. The van der Waals surface area contributed by atoms with Gasteiger partial charge in [0.1, 0.15) is 5.78 Å². The number of aromatic nitrogens is 1. The number of carbonyl (C=O) groups is 1. The summed E-state index contributed by atoms with van der Waals surface area (Å²) in [4.78, 5) is 19.2. The van der Waals surface area contributed by atoms with Gasteiger partial charge >= 0.3 is 0 Å². The molecule has 0 spiro atoms. The highest BCUT2D eigenvalue weighted by Gasteiger charge is 2.22. The minimum absolute atomic E-state index is 0.0295. The average molecular weight is 449 g/mol. The van der Waals surface area contributed by atoms with Crippen molar-refractivity contribution < 1.29 is 13.2 Å². The molecule has 1 aromatic heterocycles. The molecule has 1 saturated heterocycles. The first-order chi connectivity index (χ1) is 15.4. The lowest BCUT2D eigenvalue weighted by Gasteiger charge is -2.28. The largest absolute Gasteiger partial charge is 0.368 e. The topological polar surface area (TPSA) is 67.3 Å². The van der Waals surface area contributed by atoms with Gasteiger partial charge in [-0.05, 0) is 28.8 Å². The van der Waals surface area contributed by atoms with Crippen LogP contribution in [0.15, 0.2) is 72.9 Å². The molecule has 0 N–H and O–H groups in total. The highest BCUT2D eigenvalue weighted by atomic mass is 32.2. The Hall–Kier alpha value is -2.99. The normalized spacial score (nSPS) is 16.5. The smallest absolute Gasteiger partial charge is 0.153 e. The summed E-state index contributed by atoms with van der Waals surface area (Å²) in [5.74, 6) is 0.594. The minimum atomic E-state index is -2.90. The maximum Gasteiger partial charge on any atom is 0.153 e. The Morgan fingerprint density at radius 3 is 2.22 bits per heavy atom. The first-order valence-electron chi connectivity index (χ1n) is 11.0. The zero-order chi connectivity index (χ0) is 22.6. The second kappa shape index (κ2) is 9.65. The van der Waals surface area contributed by atoms with Gasteiger partial charge in [0, 0.05) is 37.5 Å². The van der Waals surface area contributed by atoms with Crippen molar-refractivity contribution in [2.45, 2.75) is 25.7 Å². The number of anilines is 1. The van der Waals surface area contributed by atoms with Gasteiger partial charge in [0.2, 0.25) is 0 Å². The Morgan fingerprint density at radius 2 is 1.59 bits per heavy atom. The SMILES string of the molecule is C[C@@H](CC(=O)Cc1ccc(-c2ccccc2)cc1)c1ccc(N2CCS(=O)(=O)CC2)cn1. The number of hydrogen-bond acceptors (Lipinski definition) is 5. The van der Waals surface area contributed by atoms with Crippen molar-refractivity contribution >= 4 is 21.3 Å². The van der Waals surface area contributed by atoms with Crippen molar-refractivity contribution in [3.05, 3.63) is 84.2 Å². The molecule has 6 heteroatoms. The van der Waals surface area contributed by atoms with Crippen LogP contribution in [0.1, 0.15) is 30.5 Å². The molecule has 0 aliphatic carbocycles. The Labute approximate surface area is 190 Å². The molecule has 0 bridgehead atoms. The number of nitrogens with zero attached hydrogens (tertiary/aromatic N) is 2. The maximum absolute atomic E-state index is 12.6. The molecule has 3 aromatic rings. The van der Waals surface area contributed by atoms with E-state index in [2.05, 4.69) is 29.2 Å². The molecule has 0 unspecified atom stereocenters. The predicted molar refractivity (Wildman–Crippen MR) is 129 cm³/mol. The van der Waals surface area contributed by atoms with Crippen LogP contribution in [0.4, 0.5) is 5.69 Å². The van der Waals surface area contributed by atoms with Crippen molar-refractivity contribution in [3.63, 3.8) is 0 Å². The standard InChI is InChI=1S/C26H28N2O3S/c1-20(26-12-11-24(19-27-26)28-13-15-32(30,31)16-14-28)17-25(29)18-21-7-9-23(10-8-21)22-5-3-2-4-6-22/h2-12,19-20H,13-18H2,1H3/t20-/m0/s1. The molecular weight excluding hydrogens is 420 g/mol. The third-order valence-corrected chi connectivity index (χ3v) is 7.59. The van der Waals surface area contributed by atoms with Gasteiger partial charge in [-0.1, -0.05) is 61.5 Å². The third kappa shape index (κ3) is 5.62. The van der Waals surface area contributed by atoms with Crippen molar-refractivity contribution in [2.75, 3.05) is 29.5 Å². The summed E-state index contributed by atoms with van der Waals surface area (Å²) < 4.78 is 23.2. The third-order valence-electron chi connectivity index (χ3n) is 5.98. The number of sulfone groups is 1. The van der Waals surface area contributed by atoms with E-state index in [0.717, 1.165) is 22.5 Å². The van der Waals surface area contributed by atoms with Crippen LogP contribution in [0.5, 0.6) is 0 Å². The highest BCUT2D eigenvalue weighted by Crippen LogP contribution is 2.23. The molecule has 1 aliphatic heterocycles. The monoisotopic (exact) mass is 448 g/mol. The molecule has 5 nitrogen and oxygen atoms in total. The van der Waals surface area contributed by atoms with E-state index in [1.807, 2.05) is 54.3 Å². The lowest BCUT2D eigenvalue weighted by Crippen LogP contribution is -2.40. The van der Waals surface area contributed by atoms with Gasteiger partial charge in [-0.25, -0.2) is 8.42 Å². The zero-order valence-corrected chi connectivity index (χ0v) is 19.1. The first-order valence-corrected chi connectivity index (χ1v) is 12.8. The molecule has 166 valence electrons. The second-order valence-electron chi connectivity index (χ2n) is 8.46. The summed E-state index contributed by atoms with van der Waals surface area (Å²) in [5, 5.41) is 0. The van der Waals surface area contributed by atoms with Crippen LogP contribution in [0.3, 0.4) is 0 Å². The molecule has 1 fully saturated rings. The lowest BCUT2D eigenvalue weighted by molar-refractivity contribution is -0.118. The first kappa shape index (κ1) is 22.2. The van der Waals surface area contributed by atoms with Crippen molar-refractivity contribution in [1.29, 1.82) is 0 Å². The van der Waals surface area contributed by atoms with Gasteiger partial charge in [-0.3, -0.25) is 9.78 Å². The van der Waals surface area contributed by atoms with Crippen LogP contribution in [-0.2, 0) is 21.1 Å². The summed E-state index contributed by atoms with van der Waals surface area (Å²) >= 11 is 0. The predicted octanol–water partition coefficient (Wildman–Crippen LogP) is 4.29. The van der Waals surface area contributed by atoms with Gasteiger partial charge in [-0.15, -0.1) is 0 Å². The van der Waals surface area contributed by atoms with Crippen molar-refractivity contribution in [2.24, 2.45) is 0 Å². The molecule has 0 amide bonds. The fraction of sp³-hybridized carbons (Fsp3) is 0.308. The van der Waals surface area contributed by atoms with Gasteiger partial charge < -0.3 is 4.90 Å². The zero-order valence-electron chi connectivity index (χ0n) is 18.3. The lowest BCUT2D eigenvalue weighted by atomic mass is 9.96. The molecule has 2 heterocycles. The molecular formula is C26H28N2O3S. The fourth-order valence-corrected chi connectivity index (χ4v) is 5.24. The number of pyridine rings is 1. The van der Waals surface area contributed by atoms with Gasteiger partial charge in [0.25, 0.3) is 0 Å². The maximum atomic E-state index is 12.6. The van der Waals surface area contributed by atoms with Gasteiger partial charge in [0.15, 0.2) is 9.84 Å². The molecule has 1 aliphatic rings. The van der Waals surface area contributed by atoms with E-state index in [-0.39, 0.29) is 23.2 Å².